The Hall–Kier alpha value is -4.88. The standard InChI is InChI=1S/C32H33ClN6O4/c1-32(2,3)38-29(40)21(17-34)13-20-9-7-8-19(12-20)10-11-39-28-22(18-36-31(35-4)37-28)14-25(30(39)41)24-15-23(42-5)16-26(43-6)27(24)33/h7-9,12-16,18H,10-11H2,1-6H3,(H,38,40)(H,35,36,37)/b21-13+. The Morgan fingerprint density at radius 2 is 1.91 bits per heavy atom. The van der Waals surface area contributed by atoms with E-state index in [0.717, 1.165) is 5.56 Å². The normalized spacial score (nSPS) is 11.6. The summed E-state index contributed by atoms with van der Waals surface area (Å²) in [6.07, 6.45) is 3.66. The number of aromatic nitrogens is 3. The predicted molar refractivity (Wildman–Crippen MR) is 169 cm³/mol. The molecule has 0 radical (unpaired) electrons. The molecule has 0 unspecified atom stereocenters. The fraction of sp³-hybridized carbons (Fsp3) is 0.281. The number of fused-ring (bicyclic) bond motifs is 1. The summed E-state index contributed by atoms with van der Waals surface area (Å²) in [4.78, 5) is 35.5. The largest absolute Gasteiger partial charge is 0.497 e. The first kappa shape index (κ1) is 31.1. The number of aryl methyl sites for hydroxylation is 2. The number of rotatable bonds is 9. The van der Waals surface area contributed by atoms with E-state index in [-0.39, 0.29) is 22.7 Å². The monoisotopic (exact) mass is 600 g/mol. The number of carbonyl (C=O) groups is 1. The summed E-state index contributed by atoms with van der Waals surface area (Å²) in [7, 11) is 4.73. The van der Waals surface area contributed by atoms with Gasteiger partial charge in [0.15, 0.2) is 0 Å². The number of amides is 1. The molecule has 11 heteroatoms. The van der Waals surface area contributed by atoms with Crippen LogP contribution in [0.2, 0.25) is 5.02 Å². The molecule has 0 saturated heterocycles. The molecule has 10 nitrogen and oxygen atoms in total. The van der Waals surface area contributed by atoms with Gasteiger partial charge in [-0.3, -0.25) is 14.2 Å². The van der Waals surface area contributed by atoms with Crippen LogP contribution in [0.5, 0.6) is 11.5 Å². The number of pyridine rings is 1. The number of benzene rings is 2. The van der Waals surface area contributed by atoms with Crippen molar-refractivity contribution in [2.75, 3.05) is 26.6 Å². The highest BCUT2D eigenvalue weighted by Crippen LogP contribution is 2.38. The van der Waals surface area contributed by atoms with Gasteiger partial charge in [0.2, 0.25) is 5.95 Å². The van der Waals surface area contributed by atoms with Crippen LogP contribution in [0.1, 0.15) is 31.9 Å². The van der Waals surface area contributed by atoms with Gasteiger partial charge in [0, 0.05) is 47.9 Å². The summed E-state index contributed by atoms with van der Waals surface area (Å²) in [5, 5.41) is 16.3. The van der Waals surface area contributed by atoms with Gasteiger partial charge in [-0.1, -0.05) is 35.9 Å². The van der Waals surface area contributed by atoms with Gasteiger partial charge in [0.05, 0.1) is 19.2 Å². The van der Waals surface area contributed by atoms with Gasteiger partial charge < -0.3 is 20.1 Å². The number of hydrogen-bond donors (Lipinski definition) is 2. The molecule has 0 fully saturated rings. The van der Waals surface area contributed by atoms with Crippen molar-refractivity contribution in [3.63, 3.8) is 0 Å². The van der Waals surface area contributed by atoms with Crippen molar-refractivity contribution in [3.05, 3.63) is 80.7 Å². The number of nitrogens with one attached hydrogen (secondary N) is 2. The number of anilines is 1. The topological polar surface area (TPSA) is 131 Å². The van der Waals surface area contributed by atoms with Crippen LogP contribution in [0, 0.1) is 11.3 Å². The molecule has 0 saturated carbocycles. The van der Waals surface area contributed by atoms with Crippen molar-refractivity contribution < 1.29 is 14.3 Å². The third-order valence-electron chi connectivity index (χ3n) is 6.55. The molecule has 2 aromatic heterocycles. The summed E-state index contributed by atoms with van der Waals surface area (Å²) in [6.45, 7) is 5.84. The van der Waals surface area contributed by atoms with Crippen LogP contribution in [-0.4, -0.2) is 47.2 Å². The van der Waals surface area contributed by atoms with Gasteiger partial charge in [-0.2, -0.15) is 10.2 Å². The van der Waals surface area contributed by atoms with E-state index in [1.165, 1.54) is 14.2 Å². The van der Waals surface area contributed by atoms with E-state index in [9.17, 15) is 14.9 Å². The van der Waals surface area contributed by atoms with Crippen LogP contribution in [0.4, 0.5) is 5.95 Å². The van der Waals surface area contributed by atoms with Crippen LogP contribution >= 0.6 is 11.6 Å². The average molecular weight is 601 g/mol. The second-order valence-electron chi connectivity index (χ2n) is 10.8. The Morgan fingerprint density at radius 3 is 2.56 bits per heavy atom. The minimum absolute atomic E-state index is 0.00359. The summed E-state index contributed by atoms with van der Waals surface area (Å²) < 4.78 is 12.4. The molecule has 0 atom stereocenters. The van der Waals surface area contributed by atoms with Gasteiger partial charge >= 0.3 is 0 Å². The first-order valence-corrected chi connectivity index (χ1v) is 13.9. The fourth-order valence-electron chi connectivity index (χ4n) is 4.52. The van der Waals surface area contributed by atoms with Crippen molar-refractivity contribution in [2.24, 2.45) is 0 Å². The number of nitrogens with zero attached hydrogens (tertiary/aromatic N) is 4. The van der Waals surface area contributed by atoms with Gasteiger partial charge in [-0.15, -0.1) is 0 Å². The summed E-state index contributed by atoms with van der Waals surface area (Å²) in [6, 6.07) is 14.5. The highest BCUT2D eigenvalue weighted by molar-refractivity contribution is 6.35. The van der Waals surface area contributed by atoms with Gasteiger partial charge in [-0.05, 0) is 56.5 Å². The van der Waals surface area contributed by atoms with Crippen molar-refractivity contribution in [2.45, 2.75) is 39.3 Å². The highest BCUT2D eigenvalue weighted by atomic mass is 35.5. The molecule has 0 spiro atoms. The molecule has 2 heterocycles. The van der Waals surface area contributed by atoms with E-state index < -0.39 is 11.4 Å². The van der Waals surface area contributed by atoms with E-state index in [0.29, 0.717) is 51.6 Å². The van der Waals surface area contributed by atoms with E-state index in [1.54, 1.807) is 42.1 Å². The number of halogens is 1. The van der Waals surface area contributed by atoms with Crippen LogP contribution < -0.4 is 25.7 Å². The molecular formula is C32H33ClN6O4. The quantitative estimate of drug-likeness (QED) is 0.197. The molecule has 0 aliphatic heterocycles. The smallest absolute Gasteiger partial charge is 0.262 e. The number of carbonyl (C=O) groups excluding carboxylic acids is 1. The number of ether oxygens (including phenoxy) is 2. The fourth-order valence-corrected chi connectivity index (χ4v) is 4.81. The van der Waals surface area contributed by atoms with E-state index >= 15 is 0 Å². The third-order valence-corrected chi connectivity index (χ3v) is 6.94. The minimum Gasteiger partial charge on any atom is -0.497 e. The molecule has 0 aliphatic rings. The lowest BCUT2D eigenvalue weighted by molar-refractivity contribution is -0.118. The Bertz CT molecular complexity index is 1820. The molecule has 4 aromatic rings. The Morgan fingerprint density at radius 1 is 1.14 bits per heavy atom. The molecule has 4 rings (SSSR count). The Labute approximate surface area is 254 Å². The number of methoxy groups -OCH3 is 2. The van der Waals surface area contributed by atoms with Gasteiger partial charge in [0.25, 0.3) is 11.5 Å². The zero-order chi connectivity index (χ0) is 31.3. The van der Waals surface area contributed by atoms with Crippen molar-refractivity contribution in [3.8, 4) is 28.7 Å². The first-order chi connectivity index (χ1) is 20.5. The van der Waals surface area contributed by atoms with Crippen LogP contribution in [0.25, 0.3) is 28.2 Å². The zero-order valence-electron chi connectivity index (χ0n) is 24.9. The predicted octanol–water partition coefficient (Wildman–Crippen LogP) is 5.24. The van der Waals surface area contributed by atoms with E-state index in [4.69, 9.17) is 21.1 Å². The second kappa shape index (κ2) is 13.0. The van der Waals surface area contributed by atoms with E-state index in [2.05, 4.69) is 20.6 Å². The maximum Gasteiger partial charge on any atom is 0.262 e. The second-order valence-corrected chi connectivity index (χ2v) is 11.2. The number of hydrogen-bond acceptors (Lipinski definition) is 8. The zero-order valence-corrected chi connectivity index (χ0v) is 25.7. The van der Waals surface area contributed by atoms with Gasteiger partial charge in [-0.25, -0.2) is 4.98 Å². The molecule has 0 bridgehead atoms. The summed E-state index contributed by atoms with van der Waals surface area (Å²) in [5.41, 5.74) is 2.08. The Kier molecular flexibility index (Phi) is 9.37. The van der Waals surface area contributed by atoms with Crippen molar-refractivity contribution in [1.82, 2.24) is 19.9 Å². The number of nitriles is 1. The van der Waals surface area contributed by atoms with Crippen LogP contribution in [0.15, 0.2) is 59.0 Å². The maximum absolute atomic E-state index is 14.0. The third kappa shape index (κ3) is 7.13. The SMILES string of the molecule is CNc1ncc2cc(-c3cc(OC)cc(OC)c3Cl)c(=O)n(CCc3cccc(/C=C(\C#N)C(=O)NC(C)(C)C)c3)c2n1. The first-order valence-electron chi connectivity index (χ1n) is 13.5. The lowest BCUT2D eigenvalue weighted by Crippen LogP contribution is -2.41. The lowest BCUT2D eigenvalue weighted by Gasteiger charge is -2.20. The van der Waals surface area contributed by atoms with Gasteiger partial charge in [0.1, 0.15) is 28.8 Å². The molecule has 2 aromatic carbocycles. The molecule has 222 valence electrons. The average Bonchev–Trinajstić information content (AvgIpc) is 2.98. The molecule has 0 aliphatic carbocycles. The maximum atomic E-state index is 14.0. The highest BCUT2D eigenvalue weighted by Gasteiger charge is 2.20. The summed E-state index contributed by atoms with van der Waals surface area (Å²) in [5.74, 6) is 0.797. The molecule has 1 amide bonds. The van der Waals surface area contributed by atoms with Crippen molar-refractivity contribution in [1.29, 1.82) is 5.26 Å². The molecular weight excluding hydrogens is 568 g/mol. The van der Waals surface area contributed by atoms with Crippen LogP contribution in [-0.2, 0) is 17.8 Å². The lowest BCUT2D eigenvalue weighted by atomic mass is 10.0. The molecule has 2 N–H and O–H groups in total. The minimum atomic E-state index is -0.476. The van der Waals surface area contributed by atoms with E-state index in [1.807, 2.05) is 51.1 Å². The van der Waals surface area contributed by atoms with Crippen molar-refractivity contribution >= 4 is 40.6 Å². The summed E-state index contributed by atoms with van der Waals surface area (Å²) >= 11 is 6.67. The Balaban J connectivity index is 1.77. The molecule has 43 heavy (non-hydrogen) atoms. The van der Waals surface area contributed by atoms with Crippen LogP contribution in [0.3, 0.4) is 0 Å².